The second-order valence-electron chi connectivity index (χ2n) is 7.38. The fraction of sp³-hybridized carbons (Fsp3) is 1.00. The summed E-state index contributed by atoms with van der Waals surface area (Å²) in [5.41, 5.74) is 0.988. The van der Waals surface area contributed by atoms with Crippen LogP contribution in [-0.2, 0) is 0 Å². The molecule has 0 aromatic heterocycles. The molecule has 16 heavy (non-hydrogen) atoms. The Labute approximate surface area is 104 Å². The van der Waals surface area contributed by atoms with Crippen molar-refractivity contribution in [2.45, 2.75) is 81.1 Å². The maximum atomic E-state index is 2.44. The van der Waals surface area contributed by atoms with Gasteiger partial charge in [-0.25, -0.2) is 0 Å². The van der Waals surface area contributed by atoms with Crippen LogP contribution in [0.1, 0.15) is 81.1 Å². The van der Waals surface area contributed by atoms with Crippen molar-refractivity contribution in [3.05, 3.63) is 0 Å². The van der Waals surface area contributed by atoms with E-state index in [4.69, 9.17) is 0 Å². The van der Waals surface area contributed by atoms with Crippen LogP contribution in [0, 0.1) is 22.7 Å². The SMILES string of the molecule is CCC(CCC(C)(C)CC)C(C)C(C)(C)C. The molecule has 0 bridgehead atoms. The van der Waals surface area contributed by atoms with E-state index in [0.717, 1.165) is 11.8 Å². The predicted molar refractivity (Wildman–Crippen MR) is 75.7 cm³/mol. The van der Waals surface area contributed by atoms with Crippen molar-refractivity contribution < 1.29 is 0 Å². The molecular formula is C16H34. The molecule has 0 aromatic carbocycles. The van der Waals surface area contributed by atoms with Gasteiger partial charge in [-0.2, -0.15) is 0 Å². The molecule has 0 heterocycles. The normalized spacial score (nSPS) is 17.2. The number of hydrogen-bond acceptors (Lipinski definition) is 0. The van der Waals surface area contributed by atoms with Crippen molar-refractivity contribution in [1.82, 2.24) is 0 Å². The molecule has 0 N–H and O–H groups in total. The topological polar surface area (TPSA) is 0 Å². The van der Waals surface area contributed by atoms with Crippen LogP contribution < -0.4 is 0 Å². The smallest absolute Gasteiger partial charge is 0.0354 e. The molecule has 0 radical (unpaired) electrons. The zero-order valence-corrected chi connectivity index (χ0v) is 13.0. The Hall–Kier alpha value is 0. The largest absolute Gasteiger partial charge is 0.0651 e. The van der Waals surface area contributed by atoms with Gasteiger partial charge in [0, 0.05) is 0 Å². The van der Waals surface area contributed by atoms with Crippen LogP contribution in [0.5, 0.6) is 0 Å². The minimum atomic E-state index is 0.455. The van der Waals surface area contributed by atoms with Gasteiger partial charge in [-0.1, -0.05) is 68.2 Å². The Morgan fingerprint density at radius 3 is 1.75 bits per heavy atom. The van der Waals surface area contributed by atoms with Gasteiger partial charge in [-0.3, -0.25) is 0 Å². The third-order valence-corrected chi connectivity index (χ3v) is 4.75. The summed E-state index contributed by atoms with van der Waals surface area (Å²) in [4.78, 5) is 0. The first-order chi connectivity index (χ1) is 7.14. The number of hydrogen-bond donors (Lipinski definition) is 0. The van der Waals surface area contributed by atoms with Gasteiger partial charge < -0.3 is 0 Å². The molecule has 0 saturated heterocycles. The van der Waals surface area contributed by atoms with Gasteiger partial charge in [0.05, 0.1) is 0 Å². The number of rotatable bonds is 6. The summed E-state index contributed by atoms with van der Waals surface area (Å²) in [7, 11) is 0. The average molecular weight is 226 g/mol. The van der Waals surface area contributed by atoms with E-state index in [-0.39, 0.29) is 0 Å². The van der Waals surface area contributed by atoms with Crippen molar-refractivity contribution in [3.8, 4) is 0 Å². The molecular weight excluding hydrogens is 192 g/mol. The van der Waals surface area contributed by atoms with E-state index in [1.54, 1.807) is 0 Å². The quantitative estimate of drug-likeness (QED) is 0.528. The van der Waals surface area contributed by atoms with Gasteiger partial charge >= 0.3 is 0 Å². The van der Waals surface area contributed by atoms with Gasteiger partial charge in [-0.15, -0.1) is 0 Å². The minimum absolute atomic E-state index is 0.455. The summed E-state index contributed by atoms with van der Waals surface area (Å²) in [5.74, 6) is 1.72. The molecule has 0 saturated carbocycles. The summed E-state index contributed by atoms with van der Waals surface area (Å²) in [6, 6.07) is 0. The highest BCUT2D eigenvalue weighted by Gasteiger charge is 2.28. The van der Waals surface area contributed by atoms with E-state index in [1.807, 2.05) is 0 Å². The minimum Gasteiger partial charge on any atom is -0.0651 e. The van der Waals surface area contributed by atoms with E-state index >= 15 is 0 Å². The standard InChI is InChI=1S/C16H34/c1-9-14(13(3)15(4,5)6)11-12-16(7,8)10-2/h13-14H,9-12H2,1-8H3. The van der Waals surface area contributed by atoms with Crippen molar-refractivity contribution >= 4 is 0 Å². The van der Waals surface area contributed by atoms with Crippen LogP contribution in [0.2, 0.25) is 0 Å². The monoisotopic (exact) mass is 226 g/mol. The van der Waals surface area contributed by atoms with Crippen LogP contribution in [0.3, 0.4) is 0 Å². The summed E-state index contributed by atoms with van der Waals surface area (Å²) >= 11 is 0. The molecule has 0 aromatic rings. The zero-order chi connectivity index (χ0) is 13.0. The van der Waals surface area contributed by atoms with E-state index in [2.05, 4.69) is 55.4 Å². The molecule has 2 atom stereocenters. The zero-order valence-electron chi connectivity index (χ0n) is 13.0. The Morgan fingerprint density at radius 2 is 1.44 bits per heavy atom. The van der Waals surface area contributed by atoms with Crippen molar-refractivity contribution in [2.24, 2.45) is 22.7 Å². The fourth-order valence-corrected chi connectivity index (χ4v) is 2.27. The third-order valence-electron chi connectivity index (χ3n) is 4.75. The highest BCUT2D eigenvalue weighted by atomic mass is 14.3. The lowest BCUT2D eigenvalue weighted by Gasteiger charge is -2.36. The van der Waals surface area contributed by atoms with E-state index in [9.17, 15) is 0 Å². The molecule has 0 heteroatoms. The van der Waals surface area contributed by atoms with Crippen LogP contribution in [0.4, 0.5) is 0 Å². The lowest BCUT2D eigenvalue weighted by Crippen LogP contribution is -2.26. The molecule has 2 unspecified atom stereocenters. The van der Waals surface area contributed by atoms with Crippen molar-refractivity contribution in [1.29, 1.82) is 0 Å². The summed E-state index contributed by atoms with van der Waals surface area (Å²) in [5, 5.41) is 0. The summed E-state index contributed by atoms with van der Waals surface area (Å²) < 4.78 is 0. The van der Waals surface area contributed by atoms with Gasteiger partial charge in [0.2, 0.25) is 0 Å². The molecule has 0 rings (SSSR count). The third kappa shape index (κ3) is 5.37. The molecule has 98 valence electrons. The Bertz CT molecular complexity index is 183. The summed E-state index contributed by atoms with van der Waals surface area (Å²) in [6.07, 6.45) is 5.41. The van der Waals surface area contributed by atoms with E-state index < -0.39 is 0 Å². The molecule has 0 amide bonds. The second-order valence-corrected chi connectivity index (χ2v) is 7.38. The first-order valence-corrected chi connectivity index (χ1v) is 7.14. The molecule has 0 spiro atoms. The first-order valence-electron chi connectivity index (χ1n) is 7.14. The van der Waals surface area contributed by atoms with Gasteiger partial charge in [0.15, 0.2) is 0 Å². The molecule has 0 aliphatic rings. The lowest BCUT2D eigenvalue weighted by molar-refractivity contribution is 0.146. The first kappa shape index (κ1) is 16.0. The summed E-state index contributed by atoms with van der Waals surface area (Å²) in [6.45, 7) is 19.1. The molecule has 0 aliphatic carbocycles. The highest BCUT2D eigenvalue weighted by molar-refractivity contribution is 4.78. The van der Waals surface area contributed by atoms with Crippen molar-refractivity contribution in [2.75, 3.05) is 0 Å². The second kappa shape index (κ2) is 6.07. The molecule has 0 nitrogen and oxygen atoms in total. The Balaban J connectivity index is 4.32. The predicted octanol–water partition coefficient (Wildman–Crippen LogP) is 5.91. The maximum Gasteiger partial charge on any atom is -0.0354 e. The Morgan fingerprint density at radius 1 is 0.938 bits per heavy atom. The van der Waals surface area contributed by atoms with Crippen molar-refractivity contribution in [3.63, 3.8) is 0 Å². The van der Waals surface area contributed by atoms with Gasteiger partial charge in [0.1, 0.15) is 0 Å². The van der Waals surface area contributed by atoms with Gasteiger partial charge in [-0.05, 0) is 35.5 Å². The lowest BCUT2D eigenvalue weighted by atomic mass is 9.70. The van der Waals surface area contributed by atoms with Crippen LogP contribution in [-0.4, -0.2) is 0 Å². The average Bonchev–Trinajstić information content (AvgIpc) is 2.17. The molecule has 0 fully saturated rings. The maximum absolute atomic E-state index is 2.44. The van der Waals surface area contributed by atoms with Gasteiger partial charge in [0.25, 0.3) is 0 Å². The highest BCUT2D eigenvalue weighted by Crippen LogP contribution is 2.38. The van der Waals surface area contributed by atoms with E-state index in [1.165, 1.54) is 25.7 Å². The molecule has 0 aliphatic heterocycles. The van der Waals surface area contributed by atoms with Crippen LogP contribution in [0.25, 0.3) is 0 Å². The van der Waals surface area contributed by atoms with Crippen LogP contribution in [0.15, 0.2) is 0 Å². The van der Waals surface area contributed by atoms with E-state index in [0.29, 0.717) is 10.8 Å². The van der Waals surface area contributed by atoms with Crippen LogP contribution >= 0.6 is 0 Å². The Kier molecular flexibility index (Phi) is 6.07. The fourth-order valence-electron chi connectivity index (χ4n) is 2.27.